The van der Waals surface area contributed by atoms with Gasteiger partial charge in [0.05, 0.1) is 10.9 Å². The summed E-state index contributed by atoms with van der Waals surface area (Å²) in [6.45, 7) is 2.54. The number of anilines is 2. The summed E-state index contributed by atoms with van der Waals surface area (Å²) in [5.41, 5.74) is 1.91. The Balaban J connectivity index is 1.26. The van der Waals surface area contributed by atoms with Gasteiger partial charge in [0.2, 0.25) is 11.8 Å². The molecule has 2 atom stereocenters. The van der Waals surface area contributed by atoms with Crippen LogP contribution in [-0.2, 0) is 9.59 Å². The zero-order valence-electron chi connectivity index (χ0n) is 15.7. The second-order valence-corrected chi connectivity index (χ2v) is 9.92. The van der Waals surface area contributed by atoms with Crippen molar-refractivity contribution in [3.63, 3.8) is 0 Å². The van der Waals surface area contributed by atoms with Crippen molar-refractivity contribution in [3.8, 4) is 0 Å². The van der Waals surface area contributed by atoms with Crippen LogP contribution in [0.4, 0.5) is 11.4 Å². The van der Waals surface area contributed by atoms with E-state index in [0.717, 1.165) is 28.9 Å². The van der Waals surface area contributed by atoms with Crippen molar-refractivity contribution in [2.45, 2.75) is 23.0 Å². The highest BCUT2D eigenvalue weighted by Crippen LogP contribution is 2.38. The third kappa shape index (κ3) is 5.08. The number of nitrogens with one attached hydrogen (secondary N) is 2. The van der Waals surface area contributed by atoms with Crippen molar-refractivity contribution in [3.05, 3.63) is 52.0 Å². The minimum absolute atomic E-state index is 0.0871. The van der Waals surface area contributed by atoms with Crippen LogP contribution in [0.25, 0.3) is 0 Å². The third-order valence-corrected chi connectivity index (χ3v) is 7.18. The molecule has 152 valence electrons. The van der Waals surface area contributed by atoms with E-state index in [0.29, 0.717) is 23.2 Å². The molecule has 2 aromatic rings. The number of nitrogens with zero attached hydrogens (tertiary/aromatic N) is 1. The molecule has 0 aromatic heterocycles. The van der Waals surface area contributed by atoms with Gasteiger partial charge in [0.25, 0.3) is 0 Å². The minimum atomic E-state index is -0.426. The van der Waals surface area contributed by atoms with Gasteiger partial charge >= 0.3 is 0 Å². The fourth-order valence-corrected chi connectivity index (χ4v) is 5.31. The number of hydrogen-bond donors (Lipinski definition) is 2. The maximum absolute atomic E-state index is 12.4. The molecule has 2 aliphatic rings. The Bertz CT molecular complexity index is 942. The molecule has 29 heavy (non-hydrogen) atoms. The quantitative estimate of drug-likeness (QED) is 0.640. The van der Waals surface area contributed by atoms with E-state index in [1.807, 2.05) is 18.2 Å². The van der Waals surface area contributed by atoms with Crippen molar-refractivity contribution in [2.24, 2.45) is 5.92 Å². The fraction of sp³-hybridized carbons (Fsp3) is 0.333. The van der Waals surface area contributed by atoms with E-state index >= 15 is 0 Å². The second-order valence-electron chi connectivity index (χ2n) is 7.33. The molecule has 2 aromatic carbocycles. The maximum Gasteiger partial charge on any atom is 0.238 e. The number of halogens is 2. The van der Waals surface area contributed by atoms with Crippen LogP contribution in [0.1, 0.15) is 12.8 Å². The van der Waals surface area contributed by atoms with Crippen molar-refractivity contribution < 1.29 is 9.59 Å². The molecule has 0 radical (unpaired) electrons. The second kappa shape index (κ2) is 8.98. The van der Waals surface area contributed by atoms with Gasteiger partial charge in [-0.1, -0.05) is 33.6 Å². The molecular weight excluding hydrogens is 474 g/mol. The molecule has 0 bridgehead atoms. The lowest BCUT2D eigenvalue weighted by Crippen LogP contribution is -2.37. The average molecular weight is 495 g/mol. The smallest absolute Gasteiger partial charge is 0.238 e. The molecule has 0 spiro atoms. The molecule has 2 aliphatic heterocycles. The van der Waals surface area contributed by atoms with Gasteiger partial charge in [-0.2, -0.15) is 0 Å². The number of rotatable bonds is 5. The Morgan fingerprint density at radius 2 is 2.17 bits per heavy atom. The van der Waals surface area contributed by atoms with Crippen molar-refractivity contribution in [2.75, 3.05) is 29.9 Å². The van der Waals surface area contributed by atoms with Crippen LogP contribution in [0.3, 0.4) is 0 Å². The van der Waals surface area contributed by atoms with Gasteiger partial charge in [0.15, 0.2) is 0 Å². The van der Waals surface area contributed by atoms with Gasteiger partial charge < -0.3 is 15.5 Å². The highest BCUT2D eigenvalue weighted by atomic mass is 79.9. The SMILES string of the molecule is O=C(CC1Sc2ccc(Cl)cc2NC1=O)NCC1CCN(c2cccc(Br)c2)C1. The van der Waals surface area contributed by atoms with E-state index in [2.05, 4.69) is 43.6 Å². The predicted molar refractivity (Wildman–Crippen MR) is 122 cm³/mol. The predicted octanol–water partition coefficient (Wildman–Crippen LogP) is 4.55. The molecule has 2 amide bonds. The summed E-state index contributed by atoms with van der Waals surface area (Å²) in [6, 6.07) is 13.7. The Kier molecular flexibility index (Phi) is 6.37. The zero-order valence-corrected chi connectivity index (χ0v) is 18.8. The first-order valence-corrected chi connectivity index (χ1v) is 11.6. The van der Waals surface area contributed by atoms with E-state index in [-0.39, 0.29) is 18.2 Å². The highest BCUT2D eigenvalue weighted by molar-refractivity contribution is 9.10. The first-order valence-electron chi connectivity index (χ1n) is 9.52. The summed E-state index contributed by atoms with van der Waals surface area (Å²) in [4.78, 5) is 28.0. The Morgan fingerprint density at radius 1 is 1.31 bits per heavy atom. The lowest BCUT2D eigenvalue weighted by molar-refractivity contribution is -0.124. The summed E-state index contributed by atoms with van der Waals surface area (Å²) in [6.07, 6.45) is 1.21. The number of fused-ring (bicyclic) bond motifs is 1. The standard InChI is InChI=1S/C21H21BrClN3O2S/c22-14-2-1-3-16(8-14)26-7-6-13(12-26)11-24-20(27)10-19-21(28)25-17-9-15(23)4-5-18(17)29-19/h1-5,8-9,13,19H,6-7,10-12H2,(H,24,27)(H,25,28). The van der Waals surface area contributed by atoms with E-state index in [1.165, 1.54) is 17.4 Å². The van der Waals surface area contributed by atoms with Crippen LogP contribution in [-0.4, -0.2) is 36.7 Å². The molecular formula is C21H21BrClN3O2S. The van der Waals surface area contributed by atoms with E-state index in [1.54, 1.807) is 12.1 Å². The molecule has 2 N–H and O–H groups in total. The molecule has 0 saturated carbocycles. The van der Waals surface area contributed by atoms with Crippen LogP contribution < -0.4 is 15.5 Å². The average Bonchev–Trinajstić information content (AvgIpc) is 3.16. The molecule has 2 heterocycles. The normalized spacial score (nSPS) is 20.9. The largest absolute Gasteiger partial charge is 0.371 e. The molecule has 5 nitrogen and oxygen atoms in total. The first-order chi connectivity index (χ1) is 14.0. The van der Waals surface area contributed by atoms with Crippen LogP contribution in [0.15, 0.2) is 51.8 Å². The van der Waals surface area contributed by atoms with Crippen molar-refractivity contribution in [1.82, 2.24) is 5.32 Å². The van der Waals surface area contributed by atoms with Gasteiger partial charge in [-0.05, 0) is 48.7 Å². The van der Waals surface area contributed by atoms with E-state index in [9.17, 15) is 9.59 Å². The highest BCUT2D eigenvalue weighted by Gasteiger charge is 2.30. The maximum atomic E-state index is 12.4. The van der Waals surface area contributed by atoms with Crippen LogP contribution in [0.2, 0.25) is 5.02 Å². The number of thioether (sulfide) groups is 1. The Morgan fingerprint density at radius 3 is 3.00 bits per heavy atom. The monoisotopic (exact) mass is 493 g/mol. The number of carbonyl (C=O) groups excluding carboxylic acids is 2. The molecule has 1 saturated heterocycles. The summed E-state index contributed by atoms with van der Waals surface area (Å²) < 4.78 is 1.07. The van der Waals surface area contributed by atoms with Gasteiger partial charge in [0, 0.05) is 46.1 Å². The van der Waals surface area contributed by atoms with Crippen LogP contribution in [0.5, 0.6) is 0 Å². The lowest BCUT2D eigenvalue weighted by Gasteiger charge is -2.24. The van der Waals surface area contributed by atoms with Gasteiger partial charge in [-0.15, -0.1) is 11.8 Å². The summed E-state index contributed by atoms with van der Waals surface area (Å²) in [5.74, 6) is 0.172. The summed E-state index contributed by atoms with van der Waals surface area (Å²) in [5, 5.41) is 6.02. The molecule has 2 unspecified atom stereocenters. The number of amides is 2. The van der Waals surface area contributed by atoms with Crippen molar-refractivity contribution >= 4 is 62.5 Å². The first kappa shape index (κ1) is 20.6. The van der Waals surface area contributed by atoms with Gasteiger partial charge in [-0.25, -0.2) is 0 Å². The molecule has 1 fully saturated rings. The van der Waals surface area contributed by atoms with Gasteiger partial charge in [0.1, 0.15) is 0 Å². The molecule has 8 heteroatoms. The fourth-order valence-electron chi connectivity index (χ4n) is 3.66. The Hall–Kier alpha value is -1.70. The third-order valence-electron chi connectivity index (χ3n) is 5.18. The minimum Gasteiger partial charge on any atom is -0.371 e. The lowest BCUT2D eigenvalue weighted by atomic mass is 10.1. The van der Waals surface area contributed by atoms with Crippen LogP contribution in [0, 0.1) is 5.92 Å². The Labute approximate surface area is 187 Å². The summed E-state index contributed by atoms with van der Waals surface area (Å²) >= 11 is 10.9. The van der Waals surface area contributed by atoms with Crippen LogP contribution >= 0.6 is 39.3 Å². The zero-order chi connectivity index (χ0) is 20.4. The van der Waals surface area contributed by atoms with E-state index < -0.39 is 5.25 Å². The topological polar surface area (TPSA) is 61.4 Å². The summed E-state index contributed by atoms with van der Waals surface area (Å²) in [7, 11) is 0. The molecule has 0 aliphatic carbocycles. The number of hydrogen-bond acceptors (Lipinski definition) is 4. The van der Waals surface area contributed by atoms with Crippen molar-refractivity contribution in [1.29, 1.82) is 0 Å². The molecule has 4 rings (SSSR count). The van der Waals surface area contributed by atoms with E-state index in [4.69, 9.17) is 11.6 Å². The number of benzene rings is 2. The van der Waals surface area contributed by atoms with Gasteiger partial charge in [-0.3, -0.25) is 9.59 Å². The number of carbonyl (C=O) groups is 2.